The molecule has 0 aromatic carbocycles. The van der Waals surface area contributed by atoms with E-state index >= 15 is 0 Å². The van der Waals surface area contributed by atoms with Gasteiger partial charge in [-0.25, -0.2) is 0 Å². The molecule has 0 spiro atoms. The summed E-state index contributed by atoms with van der Waals surface area (Å²) in [5.74, 6) is -0.941. The molecule has 134 valence electrons. The number of alkyl halides is 3. The zero-order valence-corrected chi connectivity index (χ0v) is 14.5. The van der Waals surface area contributed by atoms with E-state index in [9.17, 15) is 18.3 Å². The van der Waals surface area contributed by atoms with Gasteiger partial charge in [-0.1, -0.05) is 0 Å². The molecule has 0 saturated heterocycles. The molecule has 10 heteroatoms. The molecule has 1 unspecified atom stereocenters. The molecule has 1 atom stereocenters. The van der Waals surface area contributed by atoms with Crippen molar-refractivity contribution >= 4 is 22.8 Å². The monoisotopic (exact) mass is 371 g/mol. The van der Waals surface area contributed by atoms with Crippen molar-refractivity contribution in [3.05, 3.63) is 39.3 Å². The number of anilines is 1. The first-order valence-corrected chi connectivity index (χ1v) is 8.34. The number of hydrogen-bond acceptors (Lipinski definition) is 6. The summed E-state index contributed by atoms with van der Waals surface area (Å²) in [5, 5.41) is 28.0. The van der Waals surface area contributed by atoms with E-state index in [0.717, 1.165) is 5.56 Å². The standard InChI is InChI=1S/C15H16F3N5OS/c1-8-9(2)12-20-21-13(15(16,17)18)23(12)22-11(8)19-7-14(3,24)10-4-5-25-6-10/h4-6,24H,7H2,1-3H3,(H,19,22). The van der Waals surface area contributed by atoms with Crippen LogP contribution in [0.15, 0.2) is 16.8 Å². The summed E-state index contributed by atoms with van der Waals surface area (Å²) in [5.41, 5.74) is 0.780. The Bertz CT molecular complexity index is 902. The molecule has 0 fully saturated rings. The summed E-state index contributed by atoms with van der Waals surface area (Å²) >= 11 is 1.45. The topological polar surface area (TPSA) is 75.3 Å². The van der Waals surface area contributed by atoms with E-state index in [0.29, 0.717) is 15.6 Å². The third-order valence-corrected chi connectivity index (χ3v) is 4.77. The summed E-state index contributed by atoms with van der Waals surface area (Å²) in [7, 11) is 0. The number of rotatable bonds is 4. The highest BCUT2D eigenvalue weighted by molar-refractivity contribution is 7.08. The lowest BCUT2D eigenvalue weighted by Gasteiger charge is -2.24. The molecule has 0 aliphatic heterocycles. The predicted octanol–water partition coefficient (Wildman–Crippen LogP) is 3.14. The Kier molecular flexibility index (Phi) is 4.20. The minimum atomic E-state index is -4.66. The highest BCUT2D eigenvalue weighted by Crippen LogP contribution is 2.30. The van der Waals surface area contributed by atoms with E-state index in [-0.39, 0.29) is 18.0 Å². The molecule has 3 aromatic heterocycles. The Morgan fingerprint density at radius 1 is 1.24 bits per heavy atom. The van der Waals surface area contributed by atoms with Crippen LogP contribution in [0, 0.1) is 13.8 Å². The minimum absolute atomic E-state index is 0.0555. The smallest absolute Gasteiger partial charge is 0.384 e. The molecule has 3 aromatic rings. The molecule has 3 rings (SSSR count). The molecule has 0 aliphatic carbocycles. The van der Waals surface area contributed by atoms with Crippen molar-refractivity contribution in [2.24, 2.45) is 0 Å². The van der Waals surface area contributed by atoms with E-state index in [1.807, 2.05) is 10.8 Å². The predicted molar refractivity (Wildman–Crippen MR) is 87.6 cm³/mol. The van der Waals surface area contributed by atoms with Crippen molar-refractivity contribution in [2.45, 2.75) is 32.5 Å². The Labute approximate surface area is 145 Å². The van der Waals surface area contributed by atoms with Gasteiger partial charge in [0, 0.05) is 12.1 Å². The largest absolute Gasteiger partial charge is 0.453 e. The van der Waals surface area contributed by atoms with Gasteiger partial charge < -0.3 is 10.4 Å². The normalized spacial score (nSPS) is 14.7. The summed E-state index contributed by atoms with van der Waals surface area (Å²) in [6, 6.07) is 1.79. The number of aryl methyl sites for hydroxylation is 1. The average Bonchev–Trinajstić information content (AvgIpc) is 3.18. The highest BCUT2D eigenvalue weighted by Gasteiger charge is 2.38. The minimum Gasteiger partial charge on any atom is -0.384 e. The summed E-state index contributed by atoms with van der Waals surface area (Å²) < 4.78 is 39.8. The molecule has 3 heterocycles. The van der Waals surface area contributed by atoms with Crippen LogP contribution in [-0.4, -0.2) is 31.5 Å². The first-order chi connectivity index (χ1) is 11.6. The number of nitrogens with zero attached hydrogens (tertiary/aromatic N) is 4. The van der Waals surface area contributed by atoms with E-state index in [4.69, 9.17) is 0 Å². The third-order valence-electron chi connectivity index (χ3n) is 4.09. The van der Waals surface area contributed by atoms with Gasteiger partial charge in [0.05, 0.1) is 0 Å². The highest BCUT2D eigenvalue weighted by atomic mass is 32.1. The quantitative estimate of drug-likeness (QED) is 0.737. The van der Waals surface area contributed by atoms with Crippen LogP contribution in [0.5, 0.6) is 0 Å². The van der Waals surface area contributed by atoms with Crippen LogP contribution < -0.4 is 5.32 Å². The van der Waals surface area contributed by atoms with Gasteiger partial charge in [0.25, 0.3) is 5.82 Å². The lowest BCUT2D eigenvalue weighted by molar-refractivity contribution is -0.146. The van der Waals surface area contributed by atoms with Crippen LogP contribution in [0.1, 0.15) is 29.4 Å². The second-order valence-corrected chi connectivity index (χ2v) is 6.77. The van der Waals surface area contributed by atoms with Gasteiger partial charge in [-0.05, 0) is 48.7 Å². The van der Waals surface area contributed by atoms with Crippen LogP contribution in [0.2, 0.25) is 0 Å². The summed E-state index contributed by atoms with van der Waals surface area (Å²) in [6.45, 7) is 5.10. The maximum Gasteiger partial charge on any atom is 0.453 e. The Balaban J connectivity index is 1.97. The van der Waals surface area contributed by atoms with E-state index in [1.54, 1.807) is 26.8 Å². The fourth-order valence-corrected chi connectivity index (χ4v) is 3.18. The van der Waals surface area contributed by atoms with Crippen molar-refractivity contribution in [3.63, 3.8) is 0 Å². The molecule has 25 heavy (non-hydrogen) atoms. The number of halogens is 3. The summed E-state index contributed by atoms with van der Waals surface area (Å²) in [6.07, 6.45) is -4.66. The zero-order chi connectivity index (χ0) is 18.4. The maximum atomic E-state index is 13.1. The molecule has 0 saturated carbocycles. The fraction of sp³-hybridized carbons (Fsp3) is 0.400. The zero-order valence-electron chi connectivity index (χ0n) is 13.7. The van der Waals surface area contributed by atoms with Crippen molar-refractivity contribution in [3.8, 4) is 0 Å². The van der Waals surface area contributed by atoms with Crippen molar-refractivity contribution < 1.29 is 18.3 Å². The maximum absolute atomic E-state index is 13.1. The molecule has 0 amide bonds. The molecular weight excluding hydrogens is 355 g/mol. The number of nitrogens with one attached hydrogen (secondary N) is 1. The van der Waals surface area contributed by atoms with Crippen molar-refractivity contribution in [1.29, 1.82) is 0 Å². The Morgan fingerprint density at radius 3 is 2.56 bits per heavy atom. The third kappa shape index (κ3) is 3.19. The molecule has 0 radical (unpaired) electrons. The lowest BCUT2D eigenvalue weighted by Crippen LogP contribution is -2.31. The molecule has 0 bridgehead atoms. The fourth-order valence-electron chi connectivity index (χ4n) is 2.40. The van der Waals surface area contributed by atoms with Gasteiger partial charge >= 0.3 is 6.18 Å². The first-order valence-electron chi connectivity index (χ1n) is 7.40. The molecule has 2 N–H and O–H groups in total. The number of fused-ring (bicyclic) bond motifs is 1. The van der Waals surface area contributed by atoms with E-state index < -0.39 is 17.6 Å². The summed E-state index contributed by atoms with van der Waals surface area (Å²) in [4.78, 5) is 0. The second kappa shape index (κ2) is 5.95. The number of thiophene rings is 1. The van der Waals surface area contributed by atoms with Crippen molar-refractivity contribution in [1.82, 2.24) is 19.8 Å². The second-order valence-electron chi connectivity index (χ2n) is 5.99. The van der Waals surface area contributed by atoms with Crippen LogP contribution in [0.3, 0.4) is 0 Å². The average molecular weight is 371 g/mol. The number of aromatic nitrogens is 4. The van der Waals surface area contributed by atoms with Crippen LogP contribution in [-0.2, 0) is 11.8 Å². The first kappa shape index (κ1) is 17.6. The van der Waals surface area contributed by atoms with Gasteiger partial charge in [0.2, 0.25) is 0 Å². The van der Waals surface area contributed by atoms with Gasteiger partial charge in [-0.3, -0.25) is 0 Å². The molecule has 0 aliphatic rings. The van der Waals surface area contributed by atoms with Crippen LogP contribution in [0.25, 0.3) is 5.65 Å². The van der Waals surface area contributed by atoms with E-state index in [1.165, 1.54) is 11.3 Å². The van der Waals surface area contributed by atoms with Crippen molar-refractivity contribution in [2.75, 3.05) is 11.9 Å². The van der Waals surface area contributed by atoms with Gasteiger partial charge in [-0.2, -0.15) is 29.0 Å². The SMILES string of the molecule is Cc1c(NCC(C)(O)c2ccsc2)nn2c(C(F)(F)F)nnc2c1C. The Morgan fingerprint density at radius 2 is 1.96 bits per heavy atom. The Hall–Kier alpha value is -2.20. The lowest BCUT2D eigenvalue weighted by atomic mass is 9.99. The van der Waals surface area contributed by atoms with E-state index in [2.05, 4.69) is 20.6 Å². The van der Waals surface area contributed by atoms with Gasteiger partial charge in [0.1, 0.15) is 11.4 Å². The molecular formula is C15H16F3N5OS. The van der Waals surface area contributed by atoms with Gasteiger partial charge in [0.15, 0.2) is 5.65 Å². The number of hydrogen-bond donors (Lipinski definition) is 2. The van der Waals surface area contributed by atoms with Crippen LogP contribution >= 0.6 is 11.3 Å². The number of aliphatic hydroxyl groups is 1. The van der Waals surface area contributed by atoms with Gasteiger partial charge in [-0.15, -0.1) is 15.3 Å². The molecule has 6 nitrogen and oxygen atoms in total. The van der Waals surface area contributed by atoms with Crippen LogP contribution in [0.4, 0.5) is 19.0 Å².